The van der Waals surface area contributed by atoms with Gasteiger partial charge in [0.05, 0.1) is 5.56 Å². The van der Waals surface area contributed by atoms with Crippen LogP contribution in [-0.4, -0.2) is 57.7 Å². The topological polar surface area (TPSA) is 70.1 Å². The molecule has 176 valence electrons. The van der Waals surface area contributed by atoms with E-state index in [9.17, 15) is 9.59 Å². The minimum absolute atomic E-state index is 0.171. The summed E-state index contributed by atoms with van der Waals surface area (Å²) in [6, 6.07) is 17.9. The van der Waals surface area contributed by atoms with Gasteiger partial charge < -0.3 is 14.7 Å². The van der Waals surface area contributed by atoms with Gasteiger partial charge in [0, 0.05) is 37.6 Å². The third-order valence-electron chi connectivity index (χ3n) is 6.50. The van der Waals surface area contributed by atoms with Gasteiger partial charge in [-0.15, -0.1) is 0 Å². The highest BCUT2D eigenvalue weighted by atomic mass is 16.6. The van der Waals surface area contributed by atoms with Crippen molar-refractivity contribution in [1.82, 2.24) is 9.80 Å². The molecule has 0 bridgehead atoms. The van der Waals surface area contributed by atoms with Crippen LogP contribution in [0.25, 0.3) is 0 Å². The zero-order chi connectivity index (χ0) is 23.6. The predicted octanol–water partition coefficient (Wildman–Crippen LogP) is 5.14. The fraction of sp³-hybridized carbons (Fsp3) is 0.481. The number of carboxylic acid groups (broad SMARTS) is 1. The van der Waals surface area contributed by atoms with Gasteiger partial charge in [-0.1, -0.05) is 42.5 Å². The van der Waals surface area contributed by atoms with Gasteiger partial charge in [0.1, 0.15) is 5.60 Å². The van der Waals surface area contributed by atoms with Crippen molar-refractivity contribution in [2.45, 2.75) is 70.2 Å². The van der Waals surface area contributed by atoms with Crippen molar-refractivity contribution in [2.75, 3.05) is 13.1 Å². The van der Waals surface area contributed by atoms with Crippen LogP contribution in [0.15, 0.2) is 54.6 Å². The summed E-state index contributed by atoms with van der Waals surface area (Å²) in [7, 11) is 0. The van der Waals surface area contributed by atoms with Crippen LogP contribution >= 0.6 is 0 Å². The second kappa shape index (κ2) is 9.56. The molecule has 1 amide bonds. The van der Waals surface area contributed by atoms with Crippen molar-refractivity contribution in [3.05, 3.63) is 71.3 Å². The molecule has 1 unspecified atom stereocenters. The van der Waals surface area contributed by atoms with E-state index in [1.165, 1.54) is 5.56 Å². The van der Waals surface area contributed by atoms with Gasteiger partial charge in [0.2, 0.25) is 0 Å². The molecule has 6 heteroatoms. The largest absolute Gasteiger partial charge is 0.478 e. The lowest BCUT2D eigenvalue weighted by atomic mass is 10.0. The van der Waals surface area contributed by atoms with E-state index in [4.69, 9.17) is 9.84 Å². The number of carboxylic acids is 1. The fourth-order valence-corrected chi connectivity index (χ4v) is 4.78. The first kappa shape index (κ1) is 23.3. The van der Waals surface area contributed by atoms with E-state index in [1.54, 1.807) is 12.1 Å². The van der Waals surface area contributed by atoms with E-state index < -0.39 is 11.6 Å². The smallest absolute Gasteiger partial charge is 0.410 e. The zero-order valence-electron chi connectivity index (χ0n) is 19.7. The number of likely N-dealkylation sites (tertiary alicyclic amines) is 1. The summed E-state index contributed by atoms with van der Waals surface area (Å²) in [5.41, 5.74) is 2.19. The molecule has 2 fully saturated rings. The maximum absolute atomic E-state index is 13.2. The van der Waals surface area contributed by atoms with Crippen molar-refractivity contribution in [3.8, 4) is 0 Å². The first-order valence-corrected chi connectivity index (χ1v) is 11.8. The van der Waals surface area contributed by atoms with Gasteiger partial charge >= 0.3 is 12.1 Å². The molecule has 1 saturated carbocycles. The molecule has 0 aromatic heterocycles. The summed E-state index contributed by atoms with van der Waals surface area (Å²) < 4.78 is 5.82. The van der Waals surface area contributed by atoms with Crippen molar-refractivity contribution < 1.29 is 19.4 Å². The number of nitrogens with zero attached hydrogens (tertiary/aromatic N) is 2. The number of rotatable bonds is 6. The SMILES string of the molecule is CC(C)(C)OC(=O)N(C1CCN(Cc2ccc(C(=O)O)cc2)CC1)[C@@H]1CC1c1ccccc1. The summed E-state index contributed by atoms with van der Waals surface area (Å²) in [4.78, 5) is 28.7. The average Bonchev–Trinajstić information content (AvgIpc) is 3.55. The van der Waals surface area contributed by atoms with E-state index in [-0.39, 0.29) is 18.2 Å². The second-order valence-electron chi connectivity index (χ2n) is 10.2. The summed E-state index contributed by atoms with van der Waals surface area (Å²) in [5, 5.41) is 9.08. The van der Waals surface area contributed by atoms with Gasteiger partial charge in [-0.3, -0.25) is 4.90 Å². The Kier molecular flexibility index (Phi) is 6.75. The monoisotopic (exact) mass is 450 g/mol. The third-order valence-corrected chi connectivity index (χ3v) is 6.50. The van der Waals surface area contributed by atoms with Crippen molar-refractivity contribution in [2.24, 2.45) is 0 Å². The van der Waals surface area contributed by atoms with Crippen LogP contribution in [-0.2, 0) is 11.3 Å². The van der Waals surface area contributed by atoms with Gasteiger partial charge in [-0.25, -0.2) is 9.59 Å². The van der Waals surface area contributed by atoms with E-state index in [0.717, 1.165) is 44.5 Å². The highest BCUT2D eigenvalue weighted by molar-refractivity contribution is 5.87. The number of ether oxygens (including phenoxy) is 1. The summed E-state index contributed by atoms with van der Waals surface area (Å²) in [5.74, 6) is -0.525. The number of carbonyl (C=O) groups excluding carboxylic acids is 1. The van der Waals surface area contributed by atoms with Crippen LogP contribution in [0.3, 0.4) is 0 Å². The minimum Gasteiger partial charge on any atom is -0.478 e. The number of hydrogen-bond acceptors (Lipinski definition) is 4. The molecule has 33 heavy (non-hydrogen) atoms. The summed E-state index contributed by atoms with van der Waals surface area (Å²) in [6.07, 6.45) is 2.60. The molecule has 1 aliphatic heterocycles. The van der Waals surface area contributed by atoms with Crippen molar-refractivity contribution in [3.63, 3.8) is 0 Å². The highest BCUT2D eigenvalue weighted by Crippen LogP contribution is 2.46. The number of piperidine rings is 1. The highest BCUT2D eigenvalue weighted by Gasteiger charge is 2.48. The Morgan fingerprint density at radius 1 is 1.03 bits per heavy atom. The Balaban J connectivity index is 1.40. The Labute approximate surface area is 196 Å². The van der Waals surface area contributed by atoms with Gasteiger partial charge in [0.15, 0.2) is 0 Å². The van der Waals surface area contributed by atoms with Gasteiger partial charge in [-0.05, 0) is 63.3 Å². The molecule has 0 spiro atoms. The number of amides is 1. The lowest BCUT2D eigenvalue weighted by molar-refractivity contribution is 0.00486. The normalized spacial score (nSPS) is 21.4. The molecule has 1 heterocycles. The lowest BCUT2D eigenvalue weighted by Gasteiger charge is -2.39. The first-order valence-electron chi connectivity index (χ1n) is 11.8. The van der Waals surface area contributed by atoms with E-state index in [1.807, 2.05) is 43.9 Å². The molecule has 1 aliphatic carbocycles. The van der Waals surface area contributed by atoms with E-state index >= 15 is 0 Å². The van der Waals surface area contributed by atoms with Crippen LogP contribution in [0.2, 0.25) is 0 Å². The first-order chi connectivity index (χ1) is 15.7. The van der Waals surface area contributed by atoms with Crippen LogP contribution in [0, 0.1) is 0 Å². The Hall–Kier alpha value is -2.86. The molecular formula is C27H34N2O4. The maximum atomic E-state index is 13.2. The summed E-state index contributed by atoms with van der Waals surface area (Å²) >= 11 is 0. The minimum atomic E-state index is -0.904. The molecule has 4 rings (SSSR count). The predicted molar refractivity (Wildman–Crippen MR) is 127 cm³/mol. The Morgan fingerprint density at radius 3 is 2.24 bits per heavy atom. The molecule has 2 atom stereocenters. The third kappa shape index (κ3) is 5.93. The molecule has 1 saturated heterocycles. The average molecular weight is 451 g/mol. The van der Waals surface area contributed by atoms with Crippen LogP contribution < -0.4 is 0 Å². The quantitative estimate of drug-likeness (QED) is 0.660. The lowest BCUT2D eigenvalue weighted by Crippen LogP contribution is -2.50. The number of carbonyl (C=O) groups is 2. The molecule has 2 aromatic carbocycles. The number of aromatic carboxylic acids is 1. The second-order valence-corrected chi connectivity index (χ2v) is 10.2. The van der Waals surface area contributed by atoms with Gasteiger partial charge in [0.25, 0.3) is 0 Å². The van der Waals surface area contributed by atoms with E-state index in [2.05, 4.69) is 29.2 Å². The number of benzene rings is 2. The molecule has 6 nitrogen and oxygen atoms in total. The molecule has 2 aromatic rings. The summed E-state index contributed by atoms with van der Waals surface area (Å²) in [6.45, 7) is 8.34. The molecular weight excluding hydrogens is 416 g/mol. The number of hydrogen-bond donors (Lipinski definition) is 1. The van der Waals surface area contributed by atoms with Crippen LogP contribution in [0.1, 0.15) is 67.4 Å². The Bertz CT molecular complexity index is 960. The zero-order valence-corrected chi connectivity index (χ0v) is 19.7. The fourth-order valence-electron chi connectivity index (χ4n) is 4.78. The van der Waals surface area contributed by atoms with E-state index in [0.29, 0.717) is 11.5 Å². The van der Waals surface area contributed by atoms with Gasteiger partial charge in [-0.2, -0.15) is 0 Å². The Morgan fingerprint density at radius 2 is 1.67 bits per heavy atom. The standard InChI is InChI=1S/C27H34N2O4/c1-27(2,3)33-26(32)29(24-17-23(24)20-7-5-4-6-8-20)22-13-15-28(16-14-22)18-19-9-11-21(12-10-19)25(30)31/h4-12,22-24H,13-18H2,1-3H3,(H,30,31)/t23?,24-/m1/s1. The van der Waals surface area contributed by atoms with Crippen molar-refractivity contribution in [1.29, 1.82) is 0 Å². The molecule has 2 aliphatic rings. The molecule has 0 radical (unpaired) electrons. The maximum Gasteiger partial charge on any atom is 0.410 e. The van der Waals surface area contributed by atoms with Crippen LogP contribution in [0.5, 0.6) is 0 Å². The molecule has 1 N–H and O–H groups in total. The van der Waals surface area contributed by atoms with Crippen molar-refractivity contribution >= 4 is 12.1 Å². The van der Waals surface area contributed by atoms with Crippen LogP contribution in [0.4, 0.5) is 4.79 Å².